The minimum Gasteiger partial charge on any atom is -0.485 e. The van der Waals surface area contributed by atoms with Crippen molar-refractivity contribution >= 4 is 5.69 Å². The molecule has 0 aliphatic rings. The van der Waals surface area contributed by atoms with Crippen LogP contribution in [0.2, 0.25) is 0 Å². The van der Waals surface area contributed by atoms with Gasteiger partial charge in [-0.15, -0.1) is 5.10 Å². The molecule has 1 aromatic heterocycles. The van der Waals surface area contributed by atoms with E-state index in [9.17, 15) is 19.3 Å². The topological polar surface area (TPSA) is 100 Å². The maximum atomic E-state index is 12.9. The molecule has 0 atom stereocenters. The Balaban J connectivity index is 1.69. The quantitative estimate of drug-likeness (QED) is 0.503. The Hall–Kier alpha value is -3.49. The molecule has 1 heterocycles. The zero-order valence-electron chi connectivity index (χ0n) is 12.8. The number of rotatable bonds is 6. The van der Waals surface area contributed by atoms with Gasteiger partial charge in [-0.25, -0.2) is 9.18 Å². The van der Waals surface area contributed by atoms with E-state index in [1.54, 1.807) is 6.07 Å². The number of halogens is 1. The zero-order valence-corrected chi connectivity index (χ0v) is 12.8. The molecular weight excluding hydrogens is 333 g/mol. The Kier molecular flexibility index (Phi) is 4.55. The molecule has 0 amide bonds. The van der Waals surface area contributed by atoms with Gasteiger partial charge < -0.3 is 9.15 Å². The maximum absolute atomic E-state index is 12.9. The molecule has 2 aromatic carbocycles. The van der Waals surface area contributed by atoms with E-state index in [2.05, 4.69) is 5.10 Å². The minimum atomic E-state index is -0.703. The molecule has 0 fully saturated rings. The highest BCUT2D eigenvalue weighted by Gasteiger charge is 2.14. The van der Waals surface area contributed by atoms with Crippen LogP contribution in [0, 0.1) is 15.9 Å². The van der Waals surface area contributed by atoms with Crippen molar-refractivity contribution in [2.75, 3.05) is 6.61 Å². The summed E-state index contributed by atoms with van der Waals surface area (Å²) in [4.78, 5) is 22.2. The monoisotopic (exact) mass is 345 g/mol. The fourth-order valence-electron chi connectivity index (χ4n) is 2.13. The van der Waals surface area contributed by atoms with Crippen LogP contribution in [0.1, 0.15) is 0 Å². The van der Waals surface area contributed by atoms with E-state index < -0.39 is 16.5 Å². The largest absolute Gasteiger partial charge is 0.485 e. The van der Waals surface area contributed by atoms with E-state index in [1.165, 1.54) is 42.5 Å². The van der Waals surface area contributed by atoms with Gasteiger partial charge in [0.1, 0.15) is 12.4 Å². The Morgan fingerprint density at radius 2 is 1.92 bits per heavy atom. The molecule has 0 bridgehead atoms. The number of hydrogen-bond donors (Lipinski definition) is 0. The predicted molar refractivity (Wildman–Crippen MR) is 84.7 cm³/mol. The zero-order chi connectivity index (χ0) is 17.8. The molecule has 0 saturated heterocycles. The lowest BCUT2D eigenvalue weighted by Crippen LogP contribution is -2.20. The average Bonchev–Trinajstić information content (AvgIpc) is 2.97. The van der Waals surface area contributed by atoms with Crippen LogP contribution in [0.25, 0.3) is 11.5 Å². The lowest BCUT2D eigenvalue weighted by atomic mass is 10.2. The van der Waals surface area contributed by atoms with Crippen LogP contribution < -0.4 is 10.5 Å². The van der Waals surface area contributed by atoms with E-state index in [-0.39, 0.29) is 30.5 Å². The normalized spacial score (nSPS) is 10.6. The maximum Gasteiger partial charge on any atom is 0.437 e. The van der Waals surface area contributed by atoms with Crippen LogP contribution in [-0.2, 0) is 6.54 Å². The summed E-state index contributed by atoms with van der Waals surface area (Å²) in [6.45, 7) is 0.0235. The molecule has 0 unspecified atom stereocenters. The highest BCUT2D eigenvalue weighted by molar-refractivity contribution is 5.51. The van der Waals surface area contributed by atoms with Gasteiger partial charge in [0.2, 0.25) is 5.89 Å². The van der Waals surface area contributed by atoms with Gasteiger partial charge in [0, 0.05) is 11.6 Å². The highest BCUT2D eigenvalue weighted by Crippen LogP contribution is 2.25. The number of hydrogen-bond acceptors (Lipinski definition) is 6. The Morgan fingerprint density at radius 3 is 2.64 bits per heavy atom. The van der Waals surface area contributed by atoms with E-state index in [4.69, 9.17) is 9.15 Å². The molecule has 0 aliphatic heterocycles. The number of benzene rings is 2. The average molecular weight is 345 g/mol. The van der Waals surface area contributed by atoms with E-state index in [1.807, 2.05) is 0 Å². The van der Waals surface area contributed by atoms with Crippen molar-refractivity contribution in [3.05, 3.63) is 75.0 Å². The van der Waals surface area contributed by atoms with Crippen molar-refractivity contribution in [1.82, 2.24) is 9.78 Å². The second-order valence-corrected chi connectivity index (χ2v) is 4.98. The first-order valence-electron chi connectivity index (χ1n) is 7.25. The van der Waals surface area contributed by atoms with Crippen molar-refractivity contribution in [3.8, 4) is 17.2 Å². The molecule has 9 heteroatoms. The fourth-order valence-corrected chi connectivity index (χ4v) is 2.13. The number of para-hydroxylation sites is 2. The molecule has 0 N–H and O–H groups in total. The van der Waals surface area contributed by atoms with Gasteiger partial charge >= 0.3 is 11.4 Å². The summed E-state index contributed by atoms with van der Waals surface area (Å²) in [7, 11) is 0. The molecule has 8 nitrogen and oxygen atoms in total. The molecule has 3 rings (SSSR count). The lowest BCUT2D eigenvalue weighted by molar-refractivity contribution is -0.385. The van der Waals surface area contributed by atoms with Crippen molar-refractivity contribution < 1.29 is 18.5 Å². The SMILES string of the molecule is O=c1oc(-c2ccc(F)cc2)nn1CCOc1ccccc1[N+](=O)[O-]. The number of nitrogens with zero attached hydrogens (tertiary/aromatic N) is 3. The van der Waals surface area contributed by atoms with Gasteiger partial charge in [0.05, 0.1) is 11.5 Å². The first-order chi connectivity index (χ1) is 12.0. The van der Waals surface area contributed by atoms with E-state index >= 15 is 0 Å². The Labute approximate surface area is 140 Å². The summed E-state index contributed by atoms with van der Waals surface area (Å²) in [5.74, 6) is -0.965. The van der Waals surface area contributed by atoms with Crippen LogP contribution in [-0.4, -0.2) is 21.3 Å². The first-order valence-corrected chi connectivity index (χ1v) is 7.25. The standard InChI is InChI=1S/C16H12FN3O5/c17-12-7-5-11(6-8-12)15-18-19(16(21)25-15)9-10-24-14-4-2-1-3-13(14)20(22)23/h1-8H,9-10H2. The molecule has 25 heavy (non-hydrogen) atoms. The van der Waals surface area contributed by atoms with Gasteiger partial charge in [0.25, 0.3) is 0 Å². The third-order valence-corrected chi connectivity index (χ3v) is 3.32. The van der Waals surface area contributed by atoms with Gasteiger partial charge in [-0.2, -0.15) is 4.68 Å². The van der Waals surface area contributed by atoms with Crippen molar-refractivity contribution in [2.45, 2.75) is 6.54 Å². The number of ether oxygens (including phenoxy) is 1. The molecule has 0 radical (unpaired) electrons. The van der Waals surface area contributed by atoms with E-state index in [0.29, 0.717) is 5.56 Å². The van der Waals surface area contributed by atoms with Crippen LogP contribution in [0.4, 0.5) is 10.1 Å². The van der Waals surface area contributed by atoms with Crippen molar-refractivity contribution in [1.29, 1.82) is 0 Å². The van der Waals surface area contributed by atoms with Gasteiger partial charge in [-0.05, 0) is 30.3 Å². The summed E-state index contributed by atoms with van der Waals surface area (Å²) in [6.07, 6.45) is 0. The van der Waals surface area contributed by atoms with Crippen LogP contribution in [0.3, 0.4) is 0 Å². The number of aromatic nitrogens is 2. The van der Waals surface area contributed by atoms with Crippen LogP contribution >= 0.6 is 0 Å². The summed E-state index contributed by atoms with van der Waals surface area (Å²) < 4.78 is 24.3. The molecule has 128 valence electrons. The highest BCUT2D eigenvalue weighted by atomic mass is 19.1. The van der Waals surface area contributed by atoms with Crippen molar-refractivity contribution in [2.24, 2.45) is 0 Å². The third-order valence-electron chi connectivity index (χ3n) is 3.32. The minimum absolute atomic E-state index is 0.0137. The molecule has 0 spiro atoms. The summed E-state index contributed by atoms with van der Waals surface area (Å²) in [5.41, 5.74) is 0.291. The molecular formula is C16H12FN3O5. The van der Waals surface area contributed by atoms with Gasteiger partial charge in [-0.3, -0.25) is 10.1 Å². The Bertz CT molecular complexity index is 949. The molecule has 3 aromatic rings. The van der Waals surface area contributed by atoms with Crippen molar-refractivity contribution in [3.63, 3.8) is 0 Å². The third kappa shape index (κ3) is 3.71. The van der Waals surface area contributed by atoms with E-state index in [0.717, 1.165) is 4.68 Å². The smallest absolute Gasteiger partial charge is 0.437 e. The number of nitro benzene ring substituents is 1. The summed E-state index contributed by atoms with van der Waals surface area (Å²) >= 11 is 0. The fraction of sp³-hybridized carbons (Fsp3) is 0.125. The van der Waals surface area contributed by atoms with Gasteiger partial charge in [-0.1, -0.05) is 12.1 Å². The number of nitro groups is 1. The van der Waals surface area contributed by atoms with Crippen LogP contribution in [0.15, 0.2) is 57.7 Å². The predicted octanol–water partition coefficient (Wildman–Crippen LogP) is 2.63. The second-order valence-electron chi connectivity index (χ2n) is 4.98. The van der Waals surface area contributed by atoms with Crippen LogP contribution in [0.5, 0.6) is 5.75 Å². The summed E-state index contributed by atoms with van der Waals surface area (Å²) in [6, 6.07) is 11.3. The Morgan fingerprint density at radius 1 is 1.20 bits per heavy atom. The molecule has 0 aliphatic carbocycles. The van der Waals surface area contributed by atoms with Gasteiger partial charge in [0.15, 0.2) is 5.75 Å². The second kappa shape index (κ2) is 6.95. The lowest BCUT2D eigenvalue weighted by Gasteiger charge is -2.05. The first kappa shape index (κ1) is 16.4. The molecule has 0 saturated carbocycles. The summed E-state index contributed by atoms with van der Waals surface area (Å²) in [5, 5.41) is 14.9.